The molecule has 0 aliphatic carbocycles. The highest BCUT2D eigenvalue weighted by Gasteiger charge is 2.33. The third-order valence-electron chi connectivity index (χ3n) is 7.30. The van der Waals surface area contributed by atoms with Gasteiger partial charge < -0.3 is 23.8 Å². The highest BCUT2D eigenvalue weighted by Crippen LogP contribution is 2.38. The Bertz CT molecular complexity index is 1260. The fourth-order valence-electron chi connectivity index (χ4n) is 5.15. The molecule has 0 saturated heterocycles. The van der Waals surface area contributed by atoms with E-state index in [9.17, 15) is 9.59 Å². The maximum atomic E-state index is 12.7. The van der Waals surface area contributed by atoms with E-state index in [0.29, 0.717) is 51.5 Å². The summed E-state index contributed by atoms with van der Waals surface area (Å²) in [7, 11) is 0. The monoisotopic (exact) mass is 573 g/mol. The van der Waals surface area contributed by atoms with Crippen molar-refractivity contribution in [3.05, 3.63) is 89.5 Å². The normalized spacial score (nSPS) is 14.0. The van der Waals surface area contributed by atoms with Gasteiger partial charge in [0.2, 0.25) is 6.10 Å². The molecule has 0 bridgehead atoms. The molecule has 0 saturated carbocycles. The van der Waals surface area contributed by atoms with Gasteiger partial charge in [0, 0.05) is 13.0 Å². The Kier molecular flexibility index (Phi) is 12.1. The number of unbranched alkanes of at least 4 members (excludes halogenated alkanes) is 1. The molecular formula is C35H43NO6. The van der Waals surface area contributed by atoms with E-state index < -0.39 is 6.10 Å². The average Bonchev–Trinajstić information content (AvgIpc) is 3.01. The number of benzene rings is 3. The van der Waals surface area contributed by atoms with Crippen LogP contribution in [-0.2, 0) is 38.3 Å². The van der Waals surface area contributed by atoms with Crippen LogP contribution in [0.15, 0.2) is 72.8 Å². The number of para-hydroxylation sites is 1. The summed E-state index contributed by atoms with van der Waals surface area (Å²) >= 11 is 0. The molecule has 0 N–H and O–H groups in total. The number of anilines is 1. The fraction of sp³-hybridized carbons (Fsp3) is 0.429. The number of nitrogens with zero attached hydrogens (tertiary/aromatic N) is 1. The van der Waals surface area contributed by atoms with Crippen LogP contribution in [0.25, 0.3) is 0 Å². The fourth-order valence-corrected chi connectivity index (χ4v) is 5.15. The predicted molar refractivity (Wildman–Crippen MR) is 164 cm³/mol. The highest BCUT2D eigenvalue weighted by molar-refractivity contribution is 5.78. The molecule has 3 aromatic rings. The number of aryl methyl sites for hydroxylation is 3. The standard InChI is InChI=1S/C35H43NO6/c1-3-39-33(37)17-11-24-36-26-32(35(38)40-4-2)42-34-29(15-10-16-31(34)36)21-18-28-19-22-30(23-20-28)41-25-9-8-14-27-12-6-5-7-13-27/h5-7,10,12-13,15-16,19-20,22-23,32H,3-4,8-9,11,14,17-18,21,24-26H2,1-2H3. The van der Waals surface area contributed by atoms with Gasteiger partial charge in [-0.15, -0.1) is 0 Å². The Morgan fingerprint density at radius 3 is 2.33 bits per heavy atom. The van der Waals surface area contributed by atoms with Crippen LogP contribution in [0.2, 0.25) is 0 Å². The minimum Gasteiger partial charge on any atom is -0.494 e. The Balaban J connectivity index is 1.33. The minimum absolute atomic E-state index is 0.207. The average molecular weight is 574 g/mol. The largest absolute Gasteiger partial charge is 0.494 e. The molecule has 0 amide bonds. The molecule has 4 rings (SSSR count). The number of hydrogen-bond acceptors (Lipinski definition) is 7. The van der Waals surface area contributed by atoms with Gasteiger partial charge in [0.15, 0.2) is 0 Å². The Morgan fingerprint density at radius 2 is 1.57 bits per heavy atom. The summed E-state index contributed by atoms with van der Waals surface area (Å²) in [5.74, 6) is 1.02. The van der Waals surface area contributed by atoms with Gasteiger partial charge in [-0.2, -0.15) is 0 Å². The van der Waals surface area contributed by atoms with Crippen LogP contribution in [0.3, 0.4) is 0 Å². The molecular weight excluding hydrogens is 530 g/mol. The lowest BCUT2D eigenvalue weighted by Crippen LogP contribution is -2.46. The Morgan fingerprint density at radius 1 is 0.810 bits per heavy atom. The lowest BCUT2D eigenvalue weighted by molar-refractivity contribution is -0.151. The van der Waals surface area contributed by atoms with E-state index in [1.54, 1.807) is 13.8 Å². The predicted octanol–water partition coefficient (Wildman–Crippen LogP) is 6.35. The zero-order chi connectivity index (χ0) is 29.6. The van der Waals surface area contributed by atoms with E-state index in [1.165, 1.54) is 11.1 Å². The molecule has 0 aromatic heterocycles. The summed E-state index contributed by atoms with van der Waals surface area (Å²) in [6.07, 6.45) is 5.01. The maximum Gasteiger partial charge on any atom is 0.349 e. The molecule has 7 nitrogen and oxygen atoms in total. The van der Waals surface area contributed by atoms with Crippen LogP contribution < -0.4 is 14.4 Å². The first-order valence-corrected chi connectivity index (χ1v) is 15.2. The van der Waals surface area contributed by atoms with Gasteiger partial charge in [-0.1, -0.05) is 54.6 Å². The molecule has 1 atom stereocenters. The number of carbonyl (C=O) groups is 2. The molecule has 42 heavy (non-hydrogen) atoms. The summed E-state index contributed by atoms with van der Waals surface area (Å²) in [6.45, 7) is 5.96. The molecule has 224 valence electrons. The van der Waals surface area contributed by atoms with E-state index in [4.69, 9.17) is 18.9 Å². The second kappa shape index (κ2) is 16.4. The van der Waals surface area contributed by atoms with Crippen molar-refractivity contribution in [1.82, 2.24) is 0 Å². The van der Waals surface area contributed by atoms with Crippen LogP contribution in [0, 0.1) is 0 Å². The van der Waals surface area contributed by atoms with Crippen LogP contribution >= 0.6 is 0 Å². The summed E-state index contributed by atoms with van der Waals surface area (Å²) in [5.41, 5.74) is 4.54. The molecule has 0 radical (unpaired) electrons. The van der Waals surface area contributed by atoms with Gasteiger partial charge in [-0.05, 0) is 87.3 Å². The van der Waals surface area contributed by atoms with Crippen LogP contribution in [0.4, 0.5) is 5.69 Å². The zero-order valence-corrected chi connectivity index (χ0v) is 24.9. The number of ether oxygens (including phenoxy) is 4. The third-order valence-corrected chi connectivity index (χ3v) is 7.30. The van der Waals surface area contributed by atoms with Gasteiger partial charge >= 0.3 is 11.9 Å². The van der Waals surface area contributed by atoms with E-state index in [1.807, 2.05) is 30.3 Å². The van der Waals surface area contributed by atoms with Crippen molar-refractivity contribution >= 4 is 17.6 Å². The van der Waals surface area contributed by atoms with Gasteiger partial charge in [0.05, 0.1) is 32.1 Å². The Labute approximate surface area is 249 Å². The first-order valence-electron chi connectivity index (χ1n) is 15.2. The van der Waals surface area contributed by atoms with Crippen molar-refractivity contribution in [2.45, 2.75) is 64.9 Å². The Hall–Kier alpha value is -4.00. The SMILES string of the molecule is CCOC(=O)CCCN1CC(C(=O)OCC)Oc2c(CCc3ccc(OCCCCc4ccccc4)cc3)cccc21. The second-order valence-electron chi connectivity index (χ2n) is 10.4. The van der Waals surface area contributed by atoms with Gasteiger partial charge in [-0.3, -0.25) is 4.79 Å². The van der Waals surface area contributed by atoms with Crippen LogP contribution in [-0.4, -0.2) is 51.0 Å². The van der Waals surface area contributed by atoms with Gasteiger partial charge in [0.25, 0.3) is 0 Å². The lowest BCUT2D eigenvalue weighted by atomic mass is 10.0. The maximum absolute atomic E-state index is 12.7. The van der Waals surface area contributed by atoms with E-state index in [2.05, 4.69) is 47.4 Å². The third kappa shape index (κ3) is 9.26. The van der Waals surface area contributed by atoms with Crippen molar-refractivity contribution in [2.24, 2.45) is 0 Å². The van der Waals surface area contributed by atoms with E-state index >= 15 is 0 Å². The number of carbonyl (C=O) groups excluding carboxylic acids is 2. The van der Waals surface area contributed by atoms with Crippen molar-refractivity contribution in [2.75, 3.05) is 37.8 Å². The molecule has 3 aromatic carbocycles. The summed E-state index contributed by atoms with van der Waals surface area (Å²) in [5, 5.41) is 0. The minimum atomic E-state index is -0.717. The lowest BCUT2D eigenvalue weighted by Gasteiger charge is -2.36. The number of esters is 2. The highest BCUT2D eigenvalue weighted by atomic mass is 16.6. The number of rotatable bonds is 16. The summed E-state index contributed by atoms with van der Waals surface area (Å²) in [4.78, 5) is 26.6. The number of hydrogen-bond donors (Lipinski definition) is 0. The van der Waals surface area contributed by atoms with Gasteiger partial charge in [-0.25, -0.2) is 4.79 Å². The molecule has 7 heteroatoms. The van der Waals surface area contributed by atoms with Crippen LogP contribution in [0.5, 0.6) is 11.5 Å². The topological polar surface area (TPSA) is 74.3 Å². The molecule has 1 unspecified atom stereocenters. The van der Waals surface area contributed by atoms with E-state index in [-0.39, 0.29) is 11.9 Å². The first-order chi connectivity index (χ1) is 20.6. The second-order valence-corrected chi connectivity index (χ2v) is 10.4. The summed E-state index contributed by atoms with van der Waals surface area (Å²) < 4.78 is 22.6. The van der Waals surface area contributed by atoms with Crippen molar-refractivity contribution in [3.63, 3.8) is 0 Å². The van der Waals surface area contributed by atoms with Gasteiger partial charge in [0.1, 0.15) is 11.5 Å². The molecule has 1 heterocycles. The molecule has 1 aliphatic heterocycles. The quantitative estimate of drug-likeness (QED) is 0.146. The smallest absolute Gasteiger partial charge is 0.349 e. The van der Waals surface area contributed by atoms with Crippen molar-refractivity contribution in [1.29, 1.82) is 0 Å². The van der Waals surface area contributed by atoms with Crippen molar-refractivity contribution < 1.29 is 28.5 Å². The molecule has 0 spiro atoms. The zero-order valence-electron chi connectivity index (χ0n) is 24.9. The summed E-state index contributed by atoms with van der Waals surface area (Å²) in [6, 6.07) is 24.9. The number of fused-ring (bicyclic) bond motifs is 1. The molecule has 0 fully saturated rings. The van der Waals surface area contributed by atoms with E-state index in [0.717, 1.165) is 49.1 Å². The molecule has 1 aliphatic rings. The first kappa shape index (κ1) is 30.9. The van der Waals surface area contributed by atoms with Crippen LogP contribution in [0.1, 0.15) is 56.2 Å². The van der Waals surface area contributed by atoms with Crippen molar-refractivity contribution in [3.8, 4) is 11.5 Å².